The smallest absolute Gasteiger partial charge is 0.253 e. The van der Waals surface area contributed by atoms with Crippen molar-refractivity contribution in [1.29, 1.82) is 0 Å². The number of aromatic nitrogens is 2. The van der Waals surface area contributed by atoms with Crippen molar-refractivity contribution >= 4 is 17.2 Å². The SMILES string of the molecule is CCc1csc(-c2ccc(CNC(=O)c3ccc(OC)nc3)cc2)n1. The van der Waals surface area contributed by atoms with Crippen LogP contribution in [-0.2, 0) is 13.0 Å². The first-order valence-electron chi connectivity index (χ1n) is 8.01. The van der Waals surface area contributed by atoms with Crippen LogP contribution in [0.3, 0.4) is 0 Å². The molecule has 0 radical (unpaired) electrons. The molecule has 1 amide bonds. The number of pyridine rings is 1. The van der Waals surface area contributed by atoms with E-state index in [0.29, 0.717) is 18.0 Å². The van der Waals surface area contributed by atoms with E-state index in [2.05, 4.69) is 27.6 Å². The van der Waals surface area contributed by atoms with E-state index in [4.69, 9.17) is 4.74 Å². The molecule has 2 aromatic heterocycles. The first-order chi connectivity index (χ1) is 12.2. The summed E-state index contributed by atoms with van der Waals surface area (Å²) in [5, 5.41) is 6.01. The Balaban J connectivity index is 1.60. The zero-order valence-electron chi connectivity index (χ0n) is 14.2. The van der Waals surface area contributed by atoms with Gasteiger partial charge in [0.2, 0.25) is 5.88 Å². The van der Waals surface area contributed by atoms with Gasteiger partial charge < -0.3 is 10.1 Å². The molecule has 0 fully saturated rings. The lowest BCUT2D eigenvalue weighted by molar-refractivity contribution is 0.0950. The number of hydrogen-bond acceptors (Lipinski definition) is 5. The molecule has 25 heavy (non-hydrogen) atoms. The Morgan fingerprint density at radius 2 is 2.00 bits per heavy atom. The third-order valence-electron chi connectivity index (χ3n) is 3.78. The van der Waals surface area contributed by atoms with Gasteiger partial charge in [0.25, 0.3) is 5.91 Å². The average molecular weight is 353 g/mol. The van der Waals surface area contributed by atoms with Crippen LogP contribution in [0.4, 0.5) is 0 Å². The molecular formula is C19H19N3O2S. The van der Waals surface area contributed by atoms with Crippen molar-refractivity contribution in [2.24, 2.45) is 0 Å². The Morgan fingerprint density at radius 1 is 1.20 bits per heavy atom. The van der Waals surface area contributed by atoms with Crippen LogP contribution in [0.15, 0.2) is 48.0 Å². The molecular weight excluding hydrogens is 334 g/mol. The summed E-state index contributed by atoms with van der Waals surface area (Å²) in [7, 11) is 1.54. The Morgan fingerprint density at radius 3 is 2.60 bits per heavy atom. The van der Waals surface area contributed by atoms with Gasteiger partial charge in [0.15, 0.2) is 0 Å². The van der Waals surface area contributed by atoms with Gasteiger partial charge in [-0.05, 0) is 18.1 Å². The first kappa shape index (κ1) is 17.1. The molecule has 1 N–H and O–H groups in total. The minimum Gasteiger partial charge on any atom is -0.481 e. The van der Waals surface area contributed by atoms with E-state index in [1.54, 1.807) is 30.6 Å². The lowest BCUT2D eigenvalue weighted by Crippen LogP contribution is -2.22. The maximum absolute atomic E-state index is 12.1. The van der Waals surface area contributed by atoms with Gasteiger partial charge >= 0.3 is 0 Å². The van der Waals surface area contributed by atoms with Gasteiger partial charge in [-0.3, -0.25) is 4.79 Å². The molecule has 0 bridgehead atoms. The molecule has 0 saturated heterocycles. The maximum atomic E-state index is 12.1. The van der Waals surface area contributed by atoms with Crippen LogP contribution >= 0.6 is 11.3 Å². The summed E-state index contributed by atoms with van der Waals surface area (Å²) >= 11 is 1.65. The van der Waals surface area contributed by atoms with Gasteiger partial charge in [-0.15, -0.1) is 11.3 Å². The highest BCUT2D eigenvalue weighted by Crippen LogP contribution is 2.24. The normalized spacial score (nSPS) is 10.5. The number of thiazole rings is 1. The van der Waals surface area contributed by atoms with Crippen LogP contribution in [-0.4, -0.2) is 23.0 Å². The summed E-state index contributed by atoms with van der Waals surface area (Å²) in [6.45, 7) is 2.56. The minimum atomic E-state index is -0.160. The average Bonchev–Trinajstić information content (AvgIpc) is 3.16. The quantitative estimate of drug-likeness (QED) is 0.734. The Bertz CT molecular complexity index is 842. The summed E-state index contributed by atoms with van der Waals surface area (Å²) in [6.07, 6.45) is 2.45. The zero-order valence-corrected chi connectivity index (χ0v) is 15.0. The van der Waals surface area contributed by atoms with E-state index < -0.39 is 0 Å². The number of benzene rings is 1. The molecule has 0 saturated carbocycles. The molecule has 0 atom stereocenters. The first-order valence-corrected chi connectivity index (χ1v) is 8.89. The van der Waals surface area contributed by atoms with Crippen LogP contribution < -0.4 is 10.1 Å². The van der Waals surface area contributed by atoms with Crippen LogP contribution in [0.25, 0.3) is 10.6 Å². The second-order valence-corrected chi connectivity index (χ2v) is 6.32. The number of ether oxygens (including phenoxy) is 1. The van der Waals surface area contributed by atoms with Gasteiger partial charge in [-0.1, -0.05) is 31.2 Å². The highest BCUT2D eigenvalue weighted by atomic mass is 32.1. The highest BCUT2D eigenvalue weighted by Gasteiger charge is 2.07. The van der Waals surface area contributed by atoms with E-state index in [0.717, 1.165) is 28.2 Å². The number of rotatable bonds is 6. The van der Waals surface area contributed by atoms with E-state index in [1.165, 1.54) is 6.20 Å². The number of nitrogens with zero attached hydrogens (tertiary/aromatic N) is 2. The third kappa shape index (κ3) is 4.22. The van der Waals surface area contributed by atoms with Crippen molar-refractivity contribution in [2.45, 2.75) is 19.9 Å². The monoisotopic (exact) mass is 353 g/mol. The lowest BCUT2D eigenvalue weighted by atomic mass is 10.1. The number of nitrogens with one attached hydrogen (secondary N) is 1. The topological polar surface area (TPSA) is 64.1 Å². The third-order valence-corrected chi connectivity index (χ3v) is 4.72. The molecule has 0 aliphatic carbocycles. The molecule has 0 aliphatic rings. The summed E-state index contributed by atoms with van der Waals surface area (Å²) in [5.41, 5.74) is 3.75. The maximum Gasteiger partial charge on any atom is 0.253 e. The van der Waals surface area contributed by atoms with Crippen molar-refractivity contribution in [3.63, 3.8) is 0 Å². The molecule has 3 aromatic rings. The van der Waals surface area contributed by atoms with Crippen LogP contribution in [0.1, 0.15) is 28.5 Å². The fourth-order valence-electron chi connectivity index (χ4n) is 2.29. The predicted molar refractivity (Wildman–Crippen MR) is 98.9 cm³/mol. The largest absolute Gasteiger partial charge is 0.481 e. The second kappa shape index (κ2) is 7.90. The summed E-state index contributed by atoms with van der Waals surface area (Å²) in [6, 6.07) is 11.5. The van der Waals surface area contributed by atoms with Crippen molar-refractivity contribution < 1.29 is 9.53 Å². The van der Waals surface area contributed by atoms with Gasteiger partial charge in [0.05, 0.1) is 18.4 Å². The Kier molecular flexibility index (Phi) is 5.40. The van der Waals surface area contributed by atoms with E-state index in [9.17, 15) is 4.79 Å². The fraction of sp³-hybridized carbons (Fsp3) is 0.211. The van der Waals surface area contributed by atoms with Crippen molar-refractivity contribution in [3.05, 3.63) is 64.8 Å². The minimum absolute atomic E-state index is 0.160. The second-order valence-electron chi connectivity index (χ2n) is 5.47. The molecule has 2 heterocycles. The van der Waals surface area contributed by atoms with Gasteiger partial charge in [-0.25, -0.2) is 9.97 Å². The molecule has 6 heteroatoms. The van der Waals surface area contributed by atoms with Crippen molar-refractivity contribution in [2.75, 3.05) is 7.11 Å². The van der Waals surface area contributed by atoms with Crippen molar-refractivity contribution in [3.8, 4) is 16.5 Å². The molecule has 5 nitrogen and oxygen atoms in total. The van der Waals surface area contributed by atoms with Gasteiger partial charge in [0.1, 0.15) is 5.01 Å². The molecule has 0 spiro atoms. The summed E-state index contributed by atoms with van der Waals surface area (Å²) in [5.74, 6) is 0.326. The van der Waals surface area contributed by atoms with E-state index in [-0.39, 0.29) is 5.91 Å². The Hall–Kier alpha value is -2.73. The number of aryl methyl sites for hydroxylation is 1. The van der Waals surface area contributed by atoms with E-state index >= 15 is 0 Å². The lowest BCUT2D eigenvalue weighted by Gasteiger charge is -2.06. The van der Waals surface area contributed by atoms with Crippen LogP contribution in [0.2, 0.25) is 0 Å². The van der Waals surface area contributed by atoms with Gasteiger partial charge in [0, 0.05) is 29.8 Å². The number of hydrogen-bond donors (Lipinski definition) is 1. The van der Waals surface area contributed by atoms with Crippen molar-refractivity contribution in [1.82, 2.24) is 15.3 Å². The van der Waals surface area contributed by atoms with Crippen LogP contribution in [0, 0.1) is 0 Å². The number of amides is 1. The number of methoxy groups -OCH3 is 1. The zero-order chi connectivity index (χ0) is 17.6. The molecule has 1 aromatic carbocycles. The standard InChI is InChI=1S/C19H19N3O2S/c1-3-16-12-25-19(22-16)14-6-4-13(5-7-14)10-21-18(23)15-8-9-17(24-2)20-11-15/h4-9,11-12H,3,10H2,1-2H3,(H,21,23). The number of carbonyl (C=O) groups is 1. The summed E-state index contributed by atoms with van der Waals surface area (Å²) < 4.78 is 4.99. The number of carbonyl (C=O) groups excluding carboxylic acids is 1. The molecule has 0 unspecified atom stereocenters. The Labute approximate surface area is 150 Å². The van der Waals surface area contributed by atoms with Crippen LogP contribution in [0.5, 0.6) is 5.88 Å². The fourth-order valence-corrected chi connectivity index (χ4v) is 3.20. The molecule has 0 aliphatic heterocycles. The molecule has 128 valence electrons. The van der Waals surface area contributed by atoms with E-state index in [1.807, 2.05) is 24.3 Å². The predicted octanol–water partition coefficient (Wildman–Crippen LogP) is 3.71. The highest BCUT2D eigenvalue weighted by molar-refractivity contribution is 7.13. The summed E-state index contributed by atoms with van der Waals surface area (Å²) in [4.78, 5) is 20.8. The molecule has 3 rings (SSSR count). The van der Waals surface area contributed by atoms with Gasteiger partial charge in [-0.2, -0.15) is 0 Å².